The zero-order valence-electron chi connectivity index (χ0n) is 21.5. The van der Waals surface area contributed by atoms with Crippen LogP contribution in [0.4, 0.5) is 0 Å². The molecule has 1 saturated heterocycles. The zero-order valence-corrected chi connectivity index (χ0v) is 22.3. The highest BCUT2D eigenvalue weighted by Gasteiger charge is 2.44. The van der Waals surface area contributed by atoms with Crippen molar-refractivity contribution in [3.8, 4) is 0 Å². The van der Waals surface area contributed by atoms with E-state index in [1.54, 1.807) is 0 Å². The molecule has 36 heavy (non-hydrogen) atoms. The number of benzene rings is 1. The van der Waals surface area contributed by atoms with Crippen LogP contribution in [0.15, 0.2) is 30.3 Å². The molecule has 202 valence electrons. The standard InChI is InChI=1S/C26H41N3O6S/c1-26(2,36(3,34)35)23(31)25(33)28-20(13-17-9-5-4-6-10-17)22(30)16-29-15-19-12-8-7-11-18(19)14-21(29)24(27)32/h4-6,9-10,18-23,30-31H,7-8,11-16H2,1-3H3,(H2,27,32)(H,28,33)/t18-,19?,20-,21-,22+,23+/m0/s1. The molecule has 0 aromatic heterocycles. The lowest BCUT2D eigenvalue weighted by Crippen LogP contribution is -2.60. The number of carbonyl (C=O) groups is 2. The summed E-state index contributed by atoms with van der Waals surface area (Å²) < 4.78 is 22.6. The summed E-state index contributed by atoms with van der Waals surface area (Å²) in [5.74, 6) is -0.387. The van der Waals surface area contributed by atoms with E-state index in [1.807, 2.05) is 35.2 Å². The van der Waals surface area contributed by atoms with E-state index in [4.69, 9.17) is 5.73 Å². The molecule has 2 fully saturated rings. The maximum Gasteiger partial charge on any atom is 0.250 e. The summed E-state index contributed by atoms with van der Waals surface area (Å²) in [6.45, 7) is 3.37. The van der Waals surface area contributed by atoms with E-state index in [2.05, 4.69) is 5.32 Å². The summed E-state index contributed by atoms with van der Waals surface area (Å²) in [5.41, 5.74) is 6.60. The molecule has 1 heterocycles. The fourth-order valence-corrected chi connectivity index (χ4v) is 6.01. The number of hydrogen-bond acceptors (Lipinski definition) is 7. The van der Waals surface area contributed by atoms with Gasteiger partial charge in [0.25, 0.3) is 5.91 Å². The van der Waals surface area contributed by atoms with E-state index in [-0.39, 0.29) is 13.0 Å². The molecule has 9 nitrogen and oxygen atoms in total. The molecule has 2 aliphatic rings. The molecule has 3 rings (SSSR count). The Balaban J connectivity index is 1.79. The summed E-state index contributed by atoms with van der Waals surface area (Å²) >= 11 is 0. The van der Waals surface area contributed by atoms with Crippen molar-refractivity contribution < 1.29 is 28.2 Å². The molecule has 1 unspecified atom stereocenters. The normalized spacial score (nSPS) is 25.9. The van der Waals surface area contributed by atoms with E-state index >= 15 is 0 Å². The van der Waals surface area contributed by atoms with Gasteiger partial charge >= 0.3 is 0 Å². The number of hydrogen-bond donors (Lipinski definition) is 4. The smallest absolute Gasteiger partial charge is 0.250 e. The van der Waals surface area contributed by atoms with Crippen molar-refractivity contribution in [2.45, 2.75) is 81.4 Å². The number of nitrogens with two attached hydrogens (primary N) is 1. The minimum atomic E-state index is -3.75. The minimum absolute atomic E-state index is 0.125. The molecule has 0 radical (unpaired) electrons. The van der Waals surface area contributed by atoms with E-state index in [0.717, 1.165) is 37.5 Å². The molecule has 1 aromatic rings. The van der Waals surface area contributed by atoms with Gasteiger partial charge in [-0.1, -0.05) is 49.6 Å². The number of amides is 2. The number of nitrogens with one attached hydrogen (secondary N) is 1. The van der Waals surface area contributed by atoms with Crippen molar-refractivity contribution in [1.82, 2.24) is 10.2 Å². The number of nitrogens with zero attached hydrogens (tertiary/aromatic N) is 1. The lowest BCUT2D eigenvalue weighted by molar-refractivity contribution is -0.133. The fraction of sp³-hybridized carbons (Fsp3) is 0.692. The Hall–Kier alpha value is -2.01. The first-order valence-corrected chi connectivity index (χ1v) is 14.6. The van der Waals surface area contributed by atoms with Crippen molar-refractivity contribution in [1.29, 1.82) is 0 Å². The van der Waals surface area contributed by atoms with Gasteiger partial charge < -0.3 is 21.3 Å². The highest BCUT2D eigenvalue weighted by molar-refractivity contribution is 7.92. The van der Waals surface area contributed by atoms with Gasteiger partial charge in [-0.2, -0.15) is 0 Å². The Bertz CT molecular complexity index is 1020. The van der Waals surface area contributed by atoms with Gasteiger partial charge in [0, 0.05) is 19.3 Å². The first kappa shape index (κ1) is 28.6. The van der Waals surface area contributed by atoms with Gasteiger partial charge in [-0.15, -0.1) is 0 Å². The molecule has 1 aromatic carbocycles. The molecule has 0 bridgehead atoms. The molecule has 10 heteroatoms. The summed E-state index contributed by atoms with van der Waals surface area (Å²) in [6, 6.07) is 7.98. The van der Waals surface area contributed by atoms with E-state index < -0.39 is 50.7 Å². The fourth-order valence-electron chi connectivity index (χ4n) is 5.50. The highest BCUT2D eigenvalue weighted by atomic mass is 32.2. The molecule has 1 saturated carbocycles. The molecule has 1 aliphatic carbocycles. The SMILES string of the molecule is CC(C)([C@H](O)C(=O)N[C@@H](Cc1ccccc1)[C@H](O)CN1CC2CCCC[C@H]2C[C@H]1C(N)=O)S(C)(=O)=O. The van der Waals surface area contributed by atoms with Crippen LogP contribution < -0.4 is 11.1 Å². The van der Waals surface area contributed by atoms with Crippen LogP contribution in [0.2, 0.25) is 0 Å². The highest BCUT2D eigenvalue weighted by Crippen LogP contribution is 2.38. The largest absolute Gasteiger partial charge is 0.390 e. The Labute approximate surface area is 214 Å². The number of rotatable bonds is 10. The first-order chi connectivity index (χ1) is 16.8. The van der Waals surface area contributed by atoms with Crippen LogP contribution in [0.1, 0.15) is 51.5 Å². The van der Waals surface area contributed by atoms with Gasteiger partial charge in [-0.25, -0.2) is 8.42 Å². The lowest BCUT2D eigenvalue weighted by Gasteiger charge is -2.46. The second kappa shape index (κ2) is 11.6. The molecule has 2 amide bonds. The van der Waals surface area contributed by atoms with Crippen molar-refractivity contribution in [2.24, 2.45) is 17.6 Å². The van der Waals surface area contributed by atoms with E-state index in [9.17, 15) is 28.2 Å². The Kier molecular flexibility index (Phi) is 9.19. The average Bonchev–Trinajstić information content (AvgIpc) is 2.82. The minimum Gasteiger partial charge on any atom is -0.390 e. The van der Waals surface area contributed by atoms with Crippen LogP contribution in [0.3, 0.4) is 0 Å². The third kappa shape index (κ3) is 6.65. The molecule has 6 atom stereocenters. The van der Waals surface area contributed by atoms with Gasteiger partial charge in [0.2, 0.25) is 5.91 Å². The second-order valence-corrected chi connectivity index (χ2v) is 13.7. The van der Waals surface area contributed by atoms with Crippen LogP contribution >= 0.6 is 0 Å². The van der Waals surface area contributed by atoms with E-state index in [0.29, 0.717) is 24.8 Å². The third-order valence-corrected chi connectivity index (χ3v) is 10.3. The van der Waals surface area contributed by atoms with Gasteiger partial charge in [0.15, 0.2) is 15.9 Å². The van der Waals surface area contributed by atoms with E-state index in [1.165, 1.54) is 13.8 Å². The van der Waals surface area contributed by atoms with Gasteiger partial charge in [-0.05, 0) is 50.5 Å². The summed E-state index contributed by atoms with van der Waals surface area (Å²) in [5, 5.41) is 24.6. The zero-order chi connectivity index (χ0) is 26.7. The average molecular weight is 524 g/mol. The Morgan fingerprint density at radius 2 is 1.75 bits per heavy atom. The number of carbonyl (C=O) groups excluding carboxylic acids is 2. The van der Waals surface area contributed by atoms with Crippen molar-refractivity contribution in [3.63, 3.8) is 0 Å². The predicted octanol–water partition coefficient (Wildman–Crippen LogP) is 0.625. The predicted molar refractivity (Wildman–Crippen MR) is 138 cm³/mol. The van der Waals surface area contributed by atoms with Gasteiger partial charge in [-0.3, -0.25) is 14.5 Å². The van der Waals surface area contributed by atoms with Gasteiger partial charge in [0.1, 0.15) is 4.75 Å². The van der Waals surface area contributed by atoms with Crippen LogP contribution in [0, 0.1) is 11.8 Å². The first-order valence-electron chi connectivity index (χ1n) is 12.7. The number of aliphatic hydroxyl groups excluding tert-OH is 2. The van der Waals surface area contributed by atoms with Crippen molar-refractivity contribution in [2.75, 3.05) is 19.3 Å². The van der Waals surface area contributed by atoms with Crippen molar-refractivity contribution >= 4 is 21.7 Å². The number of aliphatic hydroxyl groups is 2. The Morgan fingerprint density at radius 1 is 1.14 bits per heavy atom. The topological polar surface area (TPSA) is 150 Å². The molecular formula is C26H41N3O6S. The molecule has 1 aliphatic heterocycles. The summed E-state index contributed by atoms with van der Waals surface area (Å²) in [6.07, 6.45) is 3.49. The monoisotopic (exact) mass is 523 g/mol. The number of likely N-dealkylation sites (tertiary alicyclic amines) is 1. The Morgan fingerprint density at radius 3 is 2.33 bits per heavy atom. The number of sulfone groups is 1. The number of fused-ring (bicyclic) bond motifs is 1. The van der Waals surface area contributed by atoms with Crippen molar-refractivity contribution in [3.05, 3.63) is 35.9 Å². The van der Waals surface area contributed by atoms with Crippen LogP contribution in [-0.4, -0.2) is 83.7 Å². The summed E-state index contributed by atoms with van der Waals surface area (Å²) in [7, 11) is -3.75. The number of β-amino-alcohol motifs (C(OH)–C–C–N with tert-alkyl or cyclic N) is 1. The third-order valence-electron chi connectivity index (χ3n) is 8.21. The second-order valence-electron chi connectivity index (χ2n) is 11.1. The molecule has 0 spiro atoms. The molecular weight excluding hydrogens is 482 g/mol. The lowest BCUT2D eigenvalue weighted by atomic mass is 9.72. The quantitative estimate of drug-likeness (QED) is 0.351. The maximum atomic E-state index is 13.0. The van der Waals surface area contributed by atoms with Crippen LogP contribution in [0.25, 0.3) is 0 Å². The summed E-state index contributed by atoms with van der Waals surface area (Å²) in [4.78, 5) is 27.2. The van der Waals surface area contributed by atoms with Crippen LogP contribution in [-0.2, 0) is 25.8 Å². The van der Waals surface area contributed by atoms with Gasteiger partial charge in [0.05, 0.1) is 18.2 Å². The molecule has 5 N–H and O–H groups in total. The number of primary amides is 1. The van der Waals surface area contributed by atoms with Crippen LogP contribution in [0.5, 0.6) is 0 Å². The maximum absolute atomic E-state index is 13.0. The number of piperidine rings is 1.